The van der Waals surface area contributed by atoms with Gasteiger partial charge in [0.1, 0.15) is 11.0 Å². The van der Waals surface area contributed by atoms with Crippen LogP contribution in [0.1, 0.15) is 67.7 Å². The van der Waals surface area contributed by atoms with Gasteiger partial charge in [0.2, 0.25) is 5.89 Å². The van der Waals surface area contributed by atoms with Crippen LogP contribution in [0, 0.1) is 5.92 Å². The second-order valence-corrected chi connectivity index (χ2v) is 11.5. The highest BCUT2D eigenvalue weighted by Crippen LogP contribution is 2.58. The van der Waals surface area contributed by atoms with E-state index in [1.807, 2.05) is 0 Å². The summed E-state index contributed by atoms with van der Waals surface area (Å²) in [7, 11) is 1.29. The Kier molecular flexibility index (Phi) is 5.72. The highest BCUT2D eigenvalue weighted by atomic mass is 32.1. The molecule has 5 rings (SSSR count). The van der Waals surface area contributed by atoms with E-state index in [0.29, 0.717) is 18.1 Å². The molecule has 0 aromatic carbocycles. The molecule has 2 bridgehead atoms. The fourth-order valence-electron chi connectivity index (χ4n) is 5.06. The van der Waals surface area contributed by atoms with Crippen molar-refractivity contribution in [3.05, 3.63) is 22.3 Å². The number of halogens is 3. The summed E-state index contributed by atoms with van der Waals surface area (Å²) >= 11 is 1.24. The topological polar surface area (TPSA) is 120 Å². The first-order chi connectivity index (χ1) is 16.8. The average Bonchev–Trinajstić information content (AvgIpc) is 3.29. The molecule has 3 heterocycles. The Balaban J connectivity index is 1.46. The molecule has 36 heavy (non-hydrogen) atoms. The van der Waals surface area contributed by atoms with E-state index in [2.05, 4.69) is 20.4 Å². The third-order valence-electron chi connectivity index (χ3n) is 6.82. The predicted octanol–water partition coefficient (Wildman–Crippen LogP) is 4.59. The molecule has 0 radical (unpaired) electrons. The van der Waals surface area contributed by atoms with Crippen LogP contribution in [0.5, 0.6) is 0 Å². The van der Waals surface area contributed by atoms with Crippen LogP contribution in [0.4, 0.5) is 27.9 Å². The van der Waals surface area contributed by atoms with Crippen LogP contribution in [0.15, 0.2) is 4.52 Å². The zero-order chi connectivity index (χ0) is 26.0. The summed E-state index contributed by atoms with van der Waals surface area (Å²) in [5.74, 6) is -1.22. The van der Waals surface area contributed by atoms with Gasteiger partial charge in [-0.05, 0) is 46.0 Å². The number of amides is 2. The molecular formula is C22H26F3N5O5S. The van der Waals surface area contributed by atoms with Gasteiger partial charge in [0, 0.05) is 23.9 Å². The van der Waals surface area contributed by atoms with E-state index in [1.54, 1.807) is 25.7 Å². The molecular weight excluding hydrogens is 503 g/mol. The van der Waals surface area contributed by atoms with E-state index in [9.17, 15) is 22.8 Å². The molecule has 1 aliphatic heterocycles. The minimum atomic E-state index is -4.45. The highest BCUT2D eigenvalue weighted by molar-refractivity contribution is 7.16. The van der Waals surface area contributed by atoms with Crippen molar-refractivity contribution in [2.24, 2.45) is 5.92 Å². The van der Waals surface area contributed by atoms with Crippen LogP contribution in [0.25, 0.3) is 0 Å². The first kappa shape index (κ1) is 24.8. The number of fused-ring (bicyclic) bond motifs is 4. The first-order valence-corrected chi connectivity index (χ1v) is 12.4. The predicted molar refractivity (Wildman–Crippen MR) is 120 cm³/mol. The van der Waals surface area contributed by atoms with Crippen LogP contribution in [-0.2, 0) is 21.3 Å². The second-order valence-electron chi connectivity index (χ2n) is 10.5. The van der Waals surface area contributed by atoms with Crippen molar-refractivity contribution in [3.63, 3.8) is 0 Å². The van der Waals surface area contributed by atoms with Crippen molar-refractivity contribution in [3.8, 4) is 0 Å². The second kappa shape index (κ2) is 8.32. The minimum Gasteiger partial charge on any atom is -0.453 e. The molecule has 2 amide bonds. The molecule has 3 unspecified atom stereocenters. The number of nitrogens with zero attached hydrogens (tertiary/aromatic N) is 4. The Morgan fingerprint density at radius 3 is 2.53 bits per heavy atom. The maximum absolute atomic E-state index is 13.6. The smallest absolute Gasteiger partial charge is 0.413 e. The van der Waals surface area contributed by atoms with Gasteiger partial charge in [-0.25, -0.2) is 14.6 Å². The van der Waals surface area contributed by atoms with Gasteiger partial charge in [0.05, 0.1) is 18.7 Å². The van der Waals surface area contributed by atoms with Gasteiger partial charge in [-0.1, -0.05) is 5.16 Å². The molecule has 10 nitrogen and oxygen atoms in total. The number of nitrogens with one attached hydrogen (secondary N) is 1. The molecule has 2 aromatic rings. The van der Waals surface area contributed by atoms with Gasteiger partial charge in [0.25, 0.3) is 0 Å². The van der Waals surface area contributed by atoms with Crippen molar-refractivity contribution < 1.29 is 36.8 Å². The highest BCUT2D eigenvalue weighted by Gasteiger charge is 2.67. The third-order valence-corrected chi connectivity index (χ3v) is 7.97. The molecule has 0 spiro atoms. The fraction of sp³-hybridized carbons (Fsp3) is 0.682. The van der Waals surface area contributed by atoms with E-state index in [-0.39, 0.29) is 42.9 Å². The van der Waals surface area contributed by atoms with Gasteiger partial charge < -0.3 is 18.9 Å². The molecule has 2 aromatic heterocycles. The van der Waals surface area contributed by atoms with Crippen molar-refractivity contribution in [1.29, 1.82) is 0 Å². The molecule has 1 saturated carbocycles. The lowest BCUT2D eigenvalue weighted by Crippen LogP contribution is -2.49. The number of aromatic nitrogens is 3. The van der Waals surface area contributed by atoms with Crippen molar-refractivity contribution >= 4 is 28.7 Å². The van der Waals surface area contributed by atoms with Crippen LogP contribution in [0.2, 0.25) is 0 Å². The summed E-state index contributed by atoms with van der Waals surface area (Å²) < 4.78 is 56.5. The number of piperidine rings is 1. The first-order valence-electron chi connectivity index (χ1n) is 11.5. The molecule has 2 fully saturated rings. The standard InChI is InChI=1S/C22H26F3N5O5S/c1-20(2,3)34-18(31)28-17-26-12-7-10-8-30(19(32)33-4)9-11(14(12)36-17)13(10)15-27-16(29-35-15)21(5-6-21)22(23,24)25/h10-11,13H,5-9H2,1-4H3,(H,26,28,31). The van der Waals surface area contributed by atoms with E-state index in [4.69, 9.17) is 14.0 Å². The fourth-order valence-corrected chi connectivity index (χ4v) is 6.17. The number of hydrogen-bond acceptors (Lipinski definition) is 9. The van der Waals surface area contributed by atoms with Gasteiger partial charge in [-0.2, -0.15) is 18.2 Å². The summed E-state index contributed by atoms with van der Waals surface area (Å²) in [5.41, 5.74) is -1.97. The SMILES string of the molecule is COC(=O)N1CC2Cc3nc(NC(=O)OC(C)(C)C)sc3C(C1)C2c1nc(C2(C(F)(F)F)CC2)no1. The number of methoxy groups -OCH3 is 1. The van der Waals surface area contributed by atoms with Crippen molar-refractivity contribution in [1.82, 2.24) is 20.0 Å². The summed E-state index contributed by atoms with van der Waals surface area (Å²) in [6, 6.07) is 0. The lowest BCUT2D eigenvalue weighted by atomic mass is 9.70. The summed E-state index contributed by atoms with van der Waals surface area (Å²) in [5, 5.41) is 6.71. The number of anilines is 1. The Labute approximate surface area is 208 Å². The number of alkyl halides is 3. The lowest BCUT2D eigenvalue weighted by Gasteiger charge is -2.44. The van der Waals surface area contributed by atoms with Gasteiger partial charge in [-0.3, -0.25) is 5.32 Å². The van der Waals surface area contributed by atoms with Crippen LogP contribution in [-0.4, -0.2) is 64.2 Å². The molecule has 1 saturated heterocycles. The molecule has 196 valence electrons. The monoisotopic (exact) mass is 529 g/mol. The number of ether oxygens (including phenoxy) is 2. The normalized spacial score (nSPS) is 24.6. The Hall–Kier alpha value is -2.90. The van der Waals surface area contributed by atoms with Gasteiger partial charge in [-0.15, -0.1) is 11.3 Å². The zero-order valence-corrected chi connectivity index (χ0v) is 21.0. The van der Waals surface area contributed by atoms with Gasteiger partial charge in [0.15, 0.2) is 11.0 Å². The lowest BCUT2D eigenvalue weighted by molar-refractivity contribution is -0.162. The van der Waals surface area contributed by atoms with Crippen LogP contribution in [0.3, 0.4) is 0 Å². The number of likely N-dealkylation sites (tertiary alicyclic amines) is 1. The third kappa shape index (κ3) is 4.28. The molecule has 14 heteroatoms. The Bertz CT molecular complexity index is 1190. The van der Waals surface area contributed by atoms with Gasteiger partial charge >= 0.3 is 18.4 Å². The maximum Gasteiger partial charge on any atom is 0.413 e. The van der Waals surface area contributed by atoms with Crippen molar-refractivity contribution in [2.45, 2.75) is 69.1 Å². The molecule has 1 N–H and O–H groups in total. The summed E-state index contributed by atoms with van der Waals surface area (Å²) in [6.45, 7) is 5.77. The maximum atomic E-state index is 13.6. The van der Waals surface area contributed by atoms with Crippen LogP contribution < -0.4 is 5.32 Å². The average molecular weight is 530 g/mol. The van der Waals surface area contributed by atoms with E-state index in [1.165, 1.54) is 18.4 Å². The Morgan fingerprint density at radius 1 is 1.19 bits per heavy atom. The molecule has 3 atom stereocenters. The summed E-state index contributed by atoms with van der Waals surface area (Å²) in [4.78, 5) is 35.8. The van der Waals surface area contributed by atoms with Crippen LogP contribution >= 0.6 is 11.3 Å². The van der Waals surface area contributed by atoms with E-state index >= 15 is 0 Å². The quantitative estimate of drug-likeness (QED) is 0.613. The van der Waals surface area contributed by atoms with E-state index in [0.717, 1.165) is 10.6 Å². The number of hydrogen-bond donors (Lipinski definition) is 1. The number of thiazole rings is 1. The molecule has 3 aliphatic rings. The zero-order valence-electron chi connectivity index (χ0n) is 20.1. The number of carbonyl (C=O) groups is 2. The molecule has 2 aliphatic carbocycles. The number of rotatable bonds is 3. The largest absolute Gasteiger partial charge is 0.453 e. The van der Waals surface area contributed by atoms with Crippen molar-refractivity contribution in [2.75, 3.05) is 25.5 Å². The minimum absolute atomic E-state index is 0.0677. The Morgan fingerprint density at radius 2 is 1.92 bits per heavy atom. The summed E-state index contributed by atoms with van der Waals surface area (Å²) in [6.07, 6.45) is -5.32. The number of carbonyl (C=O) groups excluding carboxylic acids is 2. The van der Waals surface area contributed by atoms with E-state index < -0.39 is 35.3 Å².